The Morgan fingerprint density at radius 1 is 1.22 bits per heavy atom. The van der Waals surface area contributed by atoms with Crippen molar-refractivity contribution in [2.45, 2.75) is 25.4 Å². The van der Waals surface area contributed by atoms with E-state index in [1.54, 1.807) is 23.1 Å². The number of nitrogens with one attached hydrogen (secondary N) is 1. The fourth-order valence-corrected chi connectivity index (χ4v) is 4.07. The lowest BCUT2D eigenvalue weighted by atomic mass is 10.1. The highest BCUT2D eigenvalue weighted by Crippen LogP contribution is 2.33. The van der Waals surface area contributed by atoms with Crippen LogP contribution in [0.15, 0.2) is 40.9 Å². The third-order valence-corrected chi connectivity index (χ3v) is 5.71. The summed E-state index contributed by atoms with van der Waals surface area (Å²) in [6.07, 6.45) is 2.14. The van der Waals surface area contributed by atoms with Crippen molar-refractivity contribution in [1.29, 1.82) is 0 Å². The lowest BCUT2D eigenvalue weighted by molar-refractivity contribution is -0.127. The van der Waals surface area contributed by atoms with Gasteiger partial charge in [-0.05, 0) is 55.2 Å². The van der Waals surface area contributed by atoms with Gasteiger partial charge < -0.3 is 15.0 Å². The molecule has 1 N–H and O–H groups in total. The van der Waals surface area contributed by atoms with Gasteiger partial charge in [-0.15, -0.1) is 0 Å². The van der Waals surface area contributed by atoms with Gasteiger partial charge in [0.15, 0.2) is 0 Å². The highest BCUT2D eigenvalue weighted by molar-refractivity contribution is 9.10. The van der Waals surface area contributed by atoms with E-state index in [1.165, 1.54) is 0 Å². The summed E-state index contributed by atoms with van der Waals surface area (Å²) in [7, 11) is 0. The first-order chi connectivity index (χ1) is 13.0. The molecule has 0 radical (unpaired) electrons. The fraction of sp³-hybridized carbons (Fsp3) is 0.300. The van der Waals surface area contributed by atoms with Crippen molar-refractivity contribution in [3.8, 4) is 0 Å². The van der Waals surface area contributed by atoms with Crippen LogP contribution in [0.4, 0.5) is 11.4 Å². The molecule has 0 aliphatic carbocycles. The molecule has 2 aliphatic heterocycles. The number of nitrogens with zero attached hydrogens (tertiary/aromatic N) is 1. The maximum atomic E-state index is 12.7. The number of hydrogen-bond acceptors (Lipinski definition) is 3. The second kappa shape index (κ2) is 7.62. The molecular weight excluding hydrogens is 432 g/mol. The Balaban J connectivity index is 1.55. The number of hydrogen-bond donors (Lipinski definition) is 1. The fourth-order valence-electron chi connectivity index (χ4n) is 3.50. The number of ether oxygens (including phenoxy) is 1. The molecule has 2 aromatic carbocycles. The third-order valence-electron chi connectivity index (χ3n) is 4.88. The van der Waals surface area contributed by atoms with Gasteiger partial charge in [0, 0.05) is 29.0 Å². The maximum Gasteiger partial charge on any atom is 0.257 e. The van der Waals surface area contributed by atoms with Gasteiger partial charge in [-0.25, -0.2) is 0 Å². The zero-order valence-corrected chi connectivity index (χ0v) is 16.8. The van der Waals surface area contributed by atoms with E-state index >= 15 is 0 Å². The molecule has 2 amide bonds. The summed E-state index contributed by atoms with van der Waals surface area (Å²) < 4.78 is 6.32. The molecule has 5 nitrogen and oxygen atoms in total. The van der Waals surface area contributed by atoms with Crippen molar-refractivity contribution in [2.75, 3.05) is 23.4 Å². The monoisotopic (exact) mass is 448 g/mol. The van der Waals surface area contributed by atoms with Crippen molar-refractivity contribution in [2.24, 2.45) is 0 Å². The zero-order valence-electron chi connectivity index (χ0n) is 14.5. The number of halogens is 2. The number of benzene rings is 2. The summed E-state index contributed by atoms with van der Waals surface area (Å²) in [6, 6.07) is 10.8. The molecule has 1 unspecified atom stereocenters. The van der Waals surface area contributed by atoms with Crippen molar-refractivity contribution in [1.82, 2.24) is 0 Å². The number of anilines is 2. The Hall–Kier alpha value is -1.89. The number of amides is 2. The molecule has 2 heterocycles. The molecule has 0 aromatic heterocycles. The zero-order chi connectivity index (χ0) is 19.0. The summed E-state index contributed by atoms with van der Waals surface area (Å²) in [6.45, 7) is 1.28. The van der Waals surface area contributed by atoms with Crippen molar-refractivity contribution >= 4 is 50.7 Å². The predicted molar refractivity (Wildman–Crippen MR) is 109 cm³/mol. The summed E-state index contributed by atoms with van der Waals surface area (Å²) in [4.78, 5) is 27.1. The Kier molecular flexibility index (Phi) is 5.21. The molecular formula is C20H18BrClN2O3. The highest BCUT2D eigenvalue weighted by atomic mass is 79.9. The molecule has 0 saturated carbocycles. The molecule has 0 bridgehead atoms. The topological polar surface area (TPSA) is 58.6 Å². The second-order valence-electron chi connectivity index (χ2n) is 6.66. The van der Waals surface area contributed by atoms with Crippen LogP contribution in [-0.2, 0) is 16.0 Å². The summed E-state index contributed by atoms with van der Waals surface area (Å²) >= 11 is 9.49. The first-order valence-corrected chi connectivity index (χ1v) is 10.0. The Morgan fingerprint density at radius 3 is 2.85 bits per heavy atom. The van der Waals surface area contributed by atoms with Gasteiger partial charge in [0.1, 0.15) is 6.10 Å². The average molecular weight is 450 g/mol. The van der Waals surface area contributed by atoms with E-state index in [0.717, 1.165) is 35.0 Å². The van der Waals surface area contributed by atoms with Crippen LogP contribution in [0.1, 0.15) is 28.8 Å². The van der Waals surface area contributed by atoms with Crippen LogP contribution in [0, 0.1) is 0 Å². The summed E-state index contributed by atoms with van der Waals surface area (Å²) in [5.74, 6) is -0.291. The first kappa shape index (κ1) is 18.5. The lowest BCUT2D eigenvalue weighted by Crippen LogP contribution is -2.37. The minimum absolute atomic E-state index is 0.00441. The molecule has 7 heteroatoms. The average Bonchev–Trinajstić information content (AvgIpc) is 3.32. The quantitative estimate of drug-likeness (QED) is 0.754. The Morgan fingerprint density at radius 2 is 2.07 bits per heavy atom. The van der Waals surface area contributed by atoms with Crippen molar-refractivity contribution in [3.05, 3.63) is 57.0 Å². The Labute approximate surface area is 170 Å². The number of carbonyl (C=O) groups is 2. The molecule has 2 aliphatic rings. The Bertz CT molecular complexity index is 912. The predicted octanol–water partition coefficient (Wildman–Crippen LogP) is 4.42. The van der Waals surface area contributed by atoms with Gasteiger partial charge in [-0.2, -0.15) is 0 Å². The number of rotatable bonds is 3. The lowest BCUT2D eigenvalue weighted by Gasteiger charge is -2.21. The molecule has 140 valence electrons. The van der Waals surface area contributed by atoms with E-state index < -0.39 is 0 Å². The van der Waals surface area contributed by atoms with Crippen LogP contribution in [-0.4, -0.2) is 31.1 Å². The van der Waals surface area contributed by atoms with Crippen LogP contribution in [0.2, 0.25) is 5.02 Å². The molecule has 2 aromatic rings. The third kappa shape index (κ3) is 3.74. The van der Waals surface area contributed by atoms with Crippen LogP contribution >= 0.6 is 27.5 Å². The molecule has 4 rings (SSSR count). The van der Waals surface area contributed by atoms with Crippen LogP contribution in [0.3, 0.4) is 0 Å². The molecule has 1 atom stereocenters. The first-order valence-electron chi connectivity index (χ1n) is 8.85. The van der Waals surface area contributed by atoms with Gasteiger partial charge in [-0.3, -0.25) is 9.59 Å². The van der Waals surface area contributed by atoms with E-state index in [9.17, 15) is 9.59 Å². The normalized spacial score (nSPS) is 18.4. The molecule has 27 heavy (non-hydrogen) atoms. The second-order valence-corrected chi connectivity index (χ2v) is 7.99. The van der Waals surface area contributed by atoms with Gasteiger partial charge in [0.25, 0.3) is 11.8 Å². The number of fused-ring (bicyclic) bond motifs is 1. The van der Waals surface area contributed by atoms with E-state index in [-0.39, 0.29) is 17.9 Å². The highest BCUT2D eigenvalue weighted by Gasteiger charge is 2.32. The molecule has 1 saturated heterocycles. The maximum absolute atomic E-state index is 12.7. The standard InChI is InChI=1S/C20H18BrClN2O3/c21-13-4-6-16(22)15(10-13)19(25)23-14-5-3-12-7-8-24(17(12)11-14)20(26)18-2-1-9-27-18/h3-6,10-11,18H,1-2,7-9H2,(H,23,25). The smallest absolute Gasteiger partial charge is 0.257 e. The molecule has 0 spiro atoms. The summed E-state index contributed by atoms with van der Waals surface area (Å²) in [5.41, 5.74) is 2.95. The molecule has 1 fully saturated rings. The van der Waals surface area contributed by atoms with Gasteiger partial charge in [0.05, 0.1) is 10.6 Å². The van der Waals surface area contributed by atoms with E-state index in [1.807, 2.05) is 18.2 Å². The van der Waals surface area contributed by atoms with E-state index in [0.29, 0.717) is 29.4 Å². The van der Waals surface area contributed by atoms with E-state index in [2.05, 4.69) is 21.2 Å². The largest absolute Gasteiger partial charge is 0.368 e. The van der Waals surface area contributed by atoms with Crippen LogP contribution in [0.5, 0.6) is 0 Å². The van der Waals surface area contributed by atoms with Gasteiger partial charge in [-0.1, -0.05) is 33.6 Å². The SMILES string of the molecule is O=C(Nc1ccc2c(c1)N(C(=O)C1CCCO1)CC2)c1cc(Br)ccc1Cl. The van der Waals surface area contributed by atoms with E-state index in [4.69, 9.17) is 16.3 Å². The minimum atomic E-state index is -0.352. The van der Waals surface area contributed by atoms with Gasteiger partial charge in [0.2, 0.25) is 0 Å². The van der Waals surface area contributed by atoms with Crippen LogP contribution < -0.4 is 10.2 Å². The van der Waals surface area contributed by atoms with Gasteiger partial charge >= 0.3 is 0 Å². The van der Waals surface area contributed by atoms with Crippen molar-refractivity contribution in [3.63, 3.8) is 0 Å². The van der Waals surface area contributed by atoms with Crippen molar-refractivity contribution < 1.29 is 14.3 Å². The summed E-state index contributed by atoms with van der Waals surface area (Å²) in [5, 5.41) is 3.25. The number of carbonyl (C=O) groups excluding carboxylic acids is 2. The van der Waals surface area contributed by atoms with Crippen LogP contribution in [0.25, 0.3) is 0 Å². The minimum Gasteiger partial charge on any atom is -0.368 e.